The Balaban J connectivity index is 1.84. The van der Waals surface area contributed by atoms with Crippen molar-refractivity contribution >= 4 is 34.1 Å². The molecule has 1 aromatic carbocycles. The fourth-order valence-corrected chi connectivity index (χ4v) is 2.93. The van der Waals surface area contributed by atoms with Gasteiger partial charge in [-0.25, -0.2) is 9.97 Å². The van der Waals surface area contributed by atoms with E-state index in [4.69, 9.17) is 11.6 Å². The van der Waals surface area contributed by atoms with Crippen LogP contribution in [-0.4, -0.2) is 19.9 Å². The maximum atomic E-state index is 6.06. The fourth-order valence-electron chi connectivity index (χ4n) is 2.74. The van der Waals surface area contributed by atoms with E-state index in [-0.39, 0.29) is 0 Å². The van der Waals surface area contributed by atoms with E-state index in [2.05, 4.69) is 25.3 Å². The molecular formula is C18H14ClN5. The quantitative estimate of drug-likeness (QED) is 0.568. The molecule has 0 aliphatic carbocycles. The number of aryl methyl sites for hydroxylation is 1. The van der Waals surface area contributed by atoms with Gasteiger partial charge in [0.15, 0.2) is 0 Å². The molecule has 0 aliphatic rings. The molecule has 0 amide bonds. The van der Waals surface area contributed by atoms with Crippen LogP contribution in [0.4, 0.5) is 11.5 Å². The minimum absolute atomic E-state index is 0.672. The maximum absolute atomic E-state index is 6.06. The van der Waals surface area contributed by atoms with Gasteiger partial charge in [-0.3, -0.25) is 4.98 Å². The second kappa shape index (κ2) is 5.94. The molecule has 0 bridgehead atoms. The summed E-state index contributed by atoms with van der Waals surface area (Å²) >= 11 is 6.06. The van der Waals surface area contributed by atoms with Crippen LogP contribution in [0.25, 0.3) is 22.4 Å². The second-order valence-electron chi connectivity index (χ2n) is 5.42. The first-order chi connectivity index (χ1) is 11.7. The van der Waals surface area contributed by atoms with E-state index in [1.807, 2.05) is 49.4 Å². The second-order valence-corrected chi connectivity index (χ2v) is 5.86. The van der Waals surface area contributed by atoms with Crippen molar-refractivity contribution in [2.75, 3.05) is 5.32 Å². The van der Waals surface area contributed by atoms with E-state index in [9.17, 15) is 0 Å². The fraction of sp³-hybridized carbons (Fsp3) is 0.0556. The number of halogens is 1. The van der Waals surface area contributed by atoms with Gasteiger partial charge in [0, 0.05) is 16.9 Å². The third-order valence-corrected chi connectivity index (χ3v) is 4.08. The topological polar surface area (TPSA) is 66.5 Å². The SMILES string of the molecule is Cc1c(-c2ccccn2)[nH]c2ncnc(Nc3cccc(Cl)c3)c12. The van der Waals surface area contributed by atoms with Gasteiger partial charge in [0.25, 0.3) is 0 Å². The molecule has 0 spiro atoms. The summed E-state index contributed by atoms with van der Waals surface area (Å²) in [5.41, 5.74) is 4.52. The highest BCUT2D eigenvalue weighted by molar-refractivity contribution is 6.30. The zero-order chi connectivity index (χ0) is 16.5. The van der Waals surface area contributed by atoms with Gasteiger partial charge in [-0.1, -0.05) is 23.7 Å². The van der Waals surface area contributed by atoms with Crippen molar-refractivity contribution in [3.8, 4) is 11.4 Å². The molecule has 4 rings (SSSR count). The highest BCUT2D eigenvalue weighted by Crippen LogP contribution is 2.32. The van der Waals surface area contributed by atoms with Crippen LogP contribution < -0.4 is 5.32 Å². The van der Waals surface area contributed by atoms with E-state index in [0.717, 1.165) is 39.5 Å². The highest BCUT2D eigenvalue weighted by Gasteiger charge is 2.15. The van der Waals surface area contributed by atoms with E-state index in [0.29, 0.717) is 5.02 Å². The summed E-state index contributed by atoms with van der Waals surface area (Å²) in [7, 11) is 0. The van der Waals surface area contributed by atoms with Crippen molar-refractivity contribution in [1.29, 1.82) is 0 Å². The number of H-pyrrole nitrogens is 1. The zero-order valence-electron chi connectivity index (χ0n) is 12.9. The van der Waals surface area contributed by atoms with E-state index in [1.54, 1.807) is 6.20 Å². The van der Waals surface area contributed by atoms with Crippen molar-refractivity contribution in [1.82, 2.24) is 19.9 Å². The van der Waals surface area contributed by atoms with Crippen molar-refractivity contribution in [2.45, 2.75) is 6.92 Å². The molecule has 5 nitrogen and oxygen atoms in total. The van der Waals surface area contributed by atoms with Crippen LogP contribution in [0.1, 0.15) is 5.56 Å². The summed E-state index contributed by atoms with van der Waals surface area (Å²) in [4.78, 5) is 16.5. The van der Waals surface area contributed by atoms with Gasteiger partial charge in [0.05, 0.1) is 16.8 Å². The van der Waals surface area contributed by atoms with Gasteiger partial charge in [-0.2, -0.15) is 0 Å². The van der Waals surface area contributed by atoms with Crippen molar-refractivity contribution < 1.29 is 0 Å². The van der Waals surface area contributed by atoms with E-state index < -0.39 is 0 Å². The normalized spacial score (nSPS) is 10.9. The summed E-state index contributed by atoms with van der Waals surface area (Å²) in [5, 5.41) is 4.93. The molecule has 4 aromatic rings. The Labute approximate surface area is 143 Å². The predicted molar refractivity (Wildman–Crippen MR) is 96.6 cm³/mol. The van der Waals surface area contributed by atoms with Gasteiger partial charge in [0.1, 0.15) is 17.8 Å². The standard InChI is InChI=1S/C18H14ClN5/c1-11-15-17(23-13-6-4-5-12(19)9-13)21-10-22-18(15)24-16(11)14-7-2-3-8-20-14/h2-10H,1H3,(H2,21,22,23,24). The van der Waals surface area contributed by atoms with Crippen LogP contribution in [0.3, 0.4) is 0 Å². The number of fused-ring (bicyclic) bond motifs is 1. The number of rotatable bonds is 3. The molecule has 24 heavy (non-hydrogen) atoms. The minimum atomic E-state index is 0.672. The average Bonchev–Trinajstić information content (AvgIpc) is 2.94. The number of hydrogen-bond acceptors (Lipinski definition) is 4. The van der Waals surface area contributed by atoms with Crippen molar-refractivity contribution in [3.05, 3.63) is 65.6 Å². The Morgan fingerprint density at radius 1 is 1.04 bits per heavy atom. The lowest BCUT2D eigenvalue weighted by Crippen LogP contribution is -1.95. The van der Waals surface area contributed by atoms with E-state index >= 15 is 0 Å². The first-order valence-corrected chi connectivity index (χ1v) is 7.87. The molecular weight excluding hydrogens is 322 g/mol. The molecule has 3 heterocycles. The monoisotopic (exact) mass is 335 g/mol. The molecule has 0 radical (unpaired) electrons. The molecule has 0 unspecified atom stereocenters. The Morgan fingerprint density at radius 3 is 2.75 bits per heavy atom. The number of benzene rings is 1. The molecule has 118 valence electrons. The molecule has 2 N–H and O–H groups in total. The number of pyridine rings is 1. The Bertz CT molecular complexity index is 1010. The third-order valence-electron chi connectivity index (χ3n) is 3.85. The molecule has 6 heteroatoms. The molecule has 0 atom stereocenters. The molecule has 0 saturated heterocycles. The van der Waals surface area contributed by atoms with Gasteiger partial charge in [-0.05, 0) is 42.8 Å². The Hall–Kier alpha value is -2.92. The first-order valence-electron chi connectivity index (χ1n) is 7.49. The van der Waals surface area contributed by atoms with Crippen molar-refractivity contribution in [3.63, 3.8) is 0 Å². The first kappa shape index (κ1) is 14.7. The highest BCUT2D eigenvalue weighted by atomic mass is 35.5. The van der Waals surface area contributed by atoms with Crippen LogP contribution in [0.15, 0.2) is 55.0 Å². The molecule has 0 saturated carbocycles. The number of aromatic amines is 1. The van der Waals surface area contributed by atoms with Crippen LogP contribution in [0, 0.1) is 6.92 Å². The zero-order valence-corrected chi connectivity index (χ0v) is 13.7. The average molecular weight is 336 g/mol. The van der Waals surface area contributed by atoms with Crippen LogP contribution >= 0.6 is 11.6 Å². The third kappa shape index (κ3) is 2.59. The van der Waals surface area contributed by atoms with Gasteiger partial charge < -0.3 is 10.3 Å². The number of nitrogens with zero attached hydrogens (tertiary/aromatic N) is 3. The number of aromatic nitrogens is 4. The van der Waals surface area contributed by atoms with Crippen LogP contribution in [-0.2, 0) is 0 Å². The molecule has 0 aliphatic heterocycles. The van der Waals surface area contributed by atoms with Crippen molar-refractivity contribution in [2.24, 2.45) is 0 Å². The lowest BCUT2D eigenvalue weighted by Gasteiger charge is -2.07. The van der Waals surface area contributed by atoms with Crippen LogP contribution in [0.2, 0.25) is 5.02 Å². The van der Waals surface area contributed by atoms with E-state index in [1.165, 1.54) is 6.33 Å². The predicted octanol–water partition coefficient (Wildman–Crippen LogP) is 4.73. The summed E-state index contributed by atoms with van der Waals surface area (Å²) in [5.74, 6) is 0.734. The molecule has 3 aromatic heterocycles. The summed E-state index contributed by atoms with van der Waals surface area (Å²) in [6.07, 6.45) is 3.31. The van der Waals surface area contributed by atoms with Gasteiger partial charge >= 0.3 is 0 Å². The number of nitrogens with one attached hydrogen (secondary N) is 2. The number of hydrogen-bond donors (Lipinski definition) is 2. The van der Waals surface area contributed by atoms with Gasteiger partial charge in [-0.15, -0.1) is 0 Å². The smallest absolute Gasteiger partial charge is 0.143 e. The lowest BCUT2D eigenvalue weighted by molar-refractivity contribution is 1.19. The largest absolute Gasteiger partial charge is 0.340 e. The number of anilines is 2. The Morgan fingerprint density at radius 2 is 1.96 bits per heavy atom. The lowest BCUT2D eigenvalue weighted by atomic mass is 10.1. The molecule has 0 fully saturated rings. The van der Waals surface area contributed by atoms with Gasteiger partial charge in [0.2, 0.25) is 0 Å². The summed E-state index contributed by atoms with van der Waals surface area (Å²) < 4.78 is 0. The Kier molecular flexibility index (Phi) is 3.63. The summed E-state index contributed by atoms with van der Waals surface area (Å²) in [6.45, 7) is 2.04. The van der Waals surface area contributed by atoms with Crippen LogP contribution in [0.5, 0.6) is 0 Å². The maximum Gasteiger partial charge on any atom is 0.143 e. The summed E-state index contributed by atoms with van der Waals surface area (Å²) in [6, 6.07) is 13.4. The minimum Gasteiger partial charge on any atom is -0.340 e.